The molecular formula is C19H27N3O2. The lowest BCUT2D eigenvalue weighted by Gasteiger charge is -2.29. The quantitative estimate of drug-likeness (QED) is 0.854. The molecule has 5 nitrogen and oxygen atoms in total. The first-order valence-electron chi connectivity index (χ1n) is 8.20. The Morgan fingerprint density at radius 1 is 1.33 bits per heavy atom. The van der Waals surface area contributed by atoms with Crippen molar-refractivity contribution in [3.05, 3.63) is 46.8 Å². The lowest BCUT2D eigenvalue weighted by Crippen LogP contribution is -2.46. The smallest absolute Gasteiger partial charge is 0.227 e. The highest BCUT2D eigenvalue weighted by Gasteiger charge is 2.28. The number of H-pyrrole nitrogens is 1. The van der Waals surface area contributed by atoms with Gasteiger partial charge in [0, 0.05) is 16.8 Å². The third kappa shape index (κ3) is 3.96. The van der Waals surface area contributed by atoms with Crippen molar-refractivity contribution in [2.45, 2.75) is 52.5 Å². The Labute approximate surface area is 143 Å². The second kappa shape index (κ2) is 7.07. The van der Waals surface area contributed by atoms with Crippen LogP contribution in [0, 0.1) is 13.8 Å². The van der Waals surface area contributed by atoms with Gasteiger partial charge in [-0.3, -0.25) is 9.89 Å². The molecule has 0 aliphatic heterocycles. The minimum absolute atomic E-state index is 0.00231. The van der Waals surface area contributed by atoms with Gasteiger partial charge in [-0.15, -0.1) is 0 Å². The van der Waals surface area contributed by atoms with Crippen LogP contribution in [0.25, 0.3) is 0 Å². The van der Waals surface area contributed by atoms with E-state index in [1.807, 2.05) is 58.9 Å². The van der Waals surface area contributed by atoms with Gasteiger partial charge in [-0.1, -0.05) is 18.2 Å². The van der Waals surface area contributed by atoms with E-state index in [9.17, 15) is 4.79 Å². The van der Waals surface area contributed by atoms with Crippen molar-refractivity contribution in [2.24, 2.45) is 0 Å². The molecule has 1 amide bonds. The number of nitrogens with one attached hydrogen (secondary N) is 2. The standard InChI is InChI=1S/C19H27N3O2/c1-12(17-13(2)21-22-14(17)3)18(23)20-19(4,5)11-15-9-7-8-10-16(15)24-6/h7-10,12H,11H2,1-6H3,(H,20,23)(H,21,22). The Balaban J connectivity index is 2.12. The molecule has 5 heteroatoms. The van der Waals surface area contributed by atoms with Crippen molar-refractivity contribution in [1.29, 1.82) is 0 Å². The van der Waals surface area contributed by atoms with Gasteiger partial charge in [-0.25, -0.2) is 0 Å². The van der Waals surface area contributed by atoms with E-state index in [-0.39, 0.29) is 17.4 Å². The summed E-state index contributed by atoms with van der Waals surface area (Å²) < 4.78 is 5.41. The number of ether oxygens (including phenoxy) is 1. The second-order valence-electron chi connectivity index (χ2n) is 6.93. The summed E-state index contributed by atoms with van der Waals surface area (Å²) >= 11 is 0. The average molecular weight is 329 g/mol. The fourth-order valence-corrected chi connectivity index (χ4v) is 3.14. The topological polar surface area (TPSA) is 67.0 Å². The third-order valence-corrected chi connectivity index (χ3v) is 4.30. The number of nitrogens with zero attached hydrogens (tertiary/aromatic N) is 1. The molecule has 0 fully saturated rings. The molecule has 2 aromatic rings. The fraction of sp³-hybridized carbons (Fsp3) is 0.474. The average Bonchev–Trinajstić information content (AvgIpc) is 2.85. The largest absolute Gasteiger partial charge is 0.496 e. The van der Waals surface area contributed by atoms with Crippen molar-refractivity contribution < 1.29 is 9.53 Å². The van der Waals surface area contributed by atoms with Gasteiger partial charge in [0.05, 0.1) is 18.7 Å². The van der Waals surface area contributed by atoms with Crippen LogP contribution in [0.15, 0.2) is 24.3 Å². The highest BCUT2D eigenvalue weighted by Crippen LogP contribution is 2.25. The Hall–Kier alpha value is -2.30. The summed E-state index contributed by atoms with van der Waals surface area (Å²) in [6, 6.07) is 7.89. The van der Waals surface area contributed by atoms with E-state index in [4.69, 9.17) is 4.74 Å². The molecule has 1 aromatic carbocycles. The molecule has 2 N–H and O–H groups in total. The van der Waals surface area contributed by atoms with Gasteiger partial charge < -0.3 is 10.1 Å². The van der Waals surface area contributed by atoms with Crippen molar-refractivity contribution in [2.75, 3.05) is 7.11 Å². The van der Waals surface area contributed by atoms with Crippen LogP contribution in [0.1, 0.15) is 49.2 Å². The number of para-hydroxylation sites is 1. The van der Waals surface area contributed by atoms with Crippen molar-refractivity contribution in [3.63, 3.8) is 0 Å². The van der Waals surface area contributed by atoms with E-state index in [1.54, 1.807) is 7.11 Å². The van der Waals surface area contributed by atoms with Gasteiger partial charge in [-0.05, 0) is 52.7 Å². The molecule has 0 spiro atoms. The summed E-state index contributed by atoms with van der Waals surface area (Å²) in [6.07, 6.45) is 0.693. The van der Waals surface area contributed by atoms with Crippen LogP contribution >= 0.6 is 0 Å². The van der Waals surface area contributed by atoms with Gasteiger partial charge in [-0.2, -0.15) is 5.10 Å². The fourth-order valence-electron chi connectivity index (χ4n) is 3.14. The minimum Gasteiger partial charge on any atom is -0.496 e. The molecule has 1 aromatic heterocycles. The number of hydrogen-bond donors (Lipinski definition) is 2. The monoisotopic (exact) mass is 329 g/mol. The van der Waals surface area contributed by atoms with E-state index in [1.165, 1.54) is 0 Å². The lowest BCUT2D eigenvalue weighted by atomic mass is 9.92. The summed E-state index contributed by atoms with van der Waals surface area (Å²) in [5.41, 5.74) is 3.48. The molecule has 1 heterocycles. The number of carbonyl (C=O) groups is 1. The minimum atomic E-state index is -0.383. The Morgan fingerprint density at radius 3 is 2.58 bits per heavy atom. The number of amides is 1. The van der Waals surface area contributed by atoms with Crippen LogP contribution in [0.5, 0.6) is 5.75 Å². The molecule has 130 valence electrons. The maximum absolute atomic E-state index is 12.7. The zero-order valence-electron chi connectivity index (χ0n) is 15.4. The van der Waals surface area contributed by atoms with Crippen LogP contribution in [-0.4, -0.2) is 28.8 Å². The Kier molecular flexibility index (Phi) is 5.32. The first kappa shape index (κ1) is 18.0. The van der Waals surface area contributed by atoms with Crippen molar-refractivity contribution >= 4 is 5.91 Å². The summed E-state index contributed by atoms with van der Waals surface area (Å²) in [5, 5.41) is 10.3. The van der Waals surface area contributed by atoms with Gasteiger partial charge in [0.1, 0.15) is 5.75 Å². The van der Waals surface area contributed by atoms with Crippen LogP contribution < -0.4 is 10.1 Å². The number of benzene rings is 1. The van der Waals surface area contributed by atoms with Crippen molar-refractivity contribution in [1.82, 2.24) is 15.5 Å². The summed E-state index contributed by atoms with van der Waals surface area (Å²) in [4.78, 5) is 12.7. The number of aryl methyl sites for hydroxylation is 2. The molecule has 1 atom stereocenters. The molecule has 0 saturated carbocycles. The molecule has 0 radical (unpaired) electrons. The zero-order valence-corrected chi connectivity index (χ0v) is 15.4. The number of hydrogen-bond acceptors (Lipinski definition) is 3. The van der Waals surface area contributed by atoms with Gasteiger partial charge in [0.25, 0.3) is 0 Å². The van der Waals surface area contributed by atoms with E-state index >= 15 is 0 Å². The van der Waals surface area contributed by atoms with E-state index in [0.717, 1.165) is 28.3 Å². The second-order valence-corrected chi connectivity index (χ2v) is 6.93. The Bertz CT molecular complexity index is 700. The van der Waals surface area contributed by atoms with E-state index in [0.29, 0.717) is 6.42 Å². The normalized spacial score (nSPS) is 12.8. The maximum Gasteiger partial charge on any atom is 0.227 e. The first-order valence-corrected chi connectivity index (χ1v) is 8.20. The first-order chi connectivity index (χ1) is 11.2. The molecule has 0 aliphatic carbocycles. The predicted molar refractivity (Wildman–Crippen MR) is 95.4 cm³/mol. The zero-order chi connectivity index (χ0) is 17.9. The van der Waals surface area contributed by atoms with Gasteiger partial charge >= 0.3 is 0 Å². The number of methoxy groups -OCH3 is 1. The SMILES string of the molecule is COc1ccccc1CC(C)(C)NC(=O)C(C)c1c(C)n[nH]c1C. The van der Waals surface area contributed by atoms with Crippen LogP contribution in [0.3, 0.4) is 0 Å². The van der Waals surface area contributed by atoms with Gasteiger partial charge in [0.2, 0.25) is 5.91 Å². The molecule has 24 heavy (non-hydrogen) atoms. The van der Waals surface area contributed by atoms with Gasteiger partial charge in [0.15, 0.2) is 0 Å². The predicted octanol–water partition coefficient (Wildman–Crippen LogP) is 3.28. The van der Waals surface area contributed by atoms with Crippen molar-refractivity contribution in [3.8, 4) is 5.75 Å². The number of aromatic amines is 1. The van der Waals surface area contributed by atoms with E-state index < -0.39 is 0 Å². The highest BCUT2D eigenvalue weighted by molar-refractivity contribution is 5.84. The Morgan fingerprint density at radius 2 is 2.00 bits per heavy atom. The highest BCUT2D eigenvalue weighted by atomic mass is 16.5. The van der Waals surface area contributed by atoms with Crippen LogP contribution in [0.4, 0.5) is 0 Å². The molecule has 0 aliphatic rings. The summed E-state index contributed by atoms with van der Waals surface area (Å²) in [5.74, 6) is 0.595. The summed E-state index contributed by atoms with van der Waals surface area (Å²) in [6.45, 7) is 9.83. The van der Waals surface area contributed by atoms with E-state index in [2.05, 4.69) is 15.5 Å². The maximum atomic E-state index is 12.7. The molecule has 1 unspecified atom stereocenters. The van der Waals surface area contributed by atoms with Crippen LogP contribution in [-0.2, 0) is 11.2 Å². The third-order valence-electron chi connectivity index (χ3n) is 4.30. The summed E-state index contributed by atoms with van der Waals surface area (Å²) in [7, 11) is 1.66. The number of aromatic nitrogens is 2. The number of rotatable bonds is 6. The molecule has 2 rings (SSSR count). The lowest BCUT2D eigenvalue weighted by molar-refractivity contribution is -0.123. The molecular weight excluding hydrogens is 302 g/mol. The molecule has 0 bridgehead atoms. The molecule has 0 saturated heterocycles. The van der Waals surface area contributed by atoms with Crippen LogP contribution in [0.2, 0.25) is 0 Å². The number of carbonyl (C=O) groups excluding carboxylic acids is 1.